The second-order valence-electron chi connectivity index (χ2n) is 10.5. The fourth-order valence-electron chi connectivity index (χ4n) is 5.25. The van der Waals surface area contributed by atoms with Gasteiger partial charge in [0, 0.05) is 62.3 Å². The van der Waals surface area contributed by atoms with E-state index >= 15 is 0 Å². The maximum absolute atomic E-state index is 12.0. The minimum atomic E-state index is -0.403. The van der Waals surface area contributed by atoms with Crippen LogP contribution in [0.5, 0.6) is 0 Å². The molecule has 2 aromatic heterocycles. The molecule has 5 rings (SSSR count). The van der Waals surface area contributed by atoms with E-state index in [9.17, 15) is 15.0 Å². The number of halogens is 2. The first-order valence-corrected chi connectivity index (χ1v) is 15.0. The molecule has 0 aliphatic rings. The fraction of sp³-hybridized carbons (Fsp3) is 0.242. The molecule has 0 fully saturated rings. The smallest absolute Gasteiger partial charge is 0.219 e. The molecule has 0 spiro atoms. The summed E-state index contributed by atoms with van der Waals surface area (Å²) in [5.41, 5.74) is 12.0. The van der Waals surface area contributed by atoms with Crippen LogP contribution in [0.25, 0.3) is 22.4 Å². The van der Waals surface area contributed by atoms with Gasteiger partial charge in [-0.2, -0.15) is 0 Å². The van der Waals surface area contributed by atoms with Crippen LogP contribution in [0.1, 0.15) is 29.2 Å². The van der Waals surface area contributed by atoms with Crippen LogP contribution >= 0.6 is 23.2 Å². The second kappa shape index (κ2) is 14.7. The number of pyridine rings is 1. The van der Waals surface area contributed by atoms with Crippen molar-refractivity contribution in [3.05, 3.63) is 112 Å². The Morgan fingerprint density at radius 1 is 0.909 bits per heavy atom. The number of hydrogen-bond acceptors (Lipinski definition) is 7. The number of fused-ring (bicyclic) bond motifs is 1. The first kappa shape index (κ1) is 31.4. The number of hydrogen-bond donors (Lipinski definition) is 4. The van der Waals surface area contributed by atoms with Gasteiger partial charge in [0.05, 0.1) is 34.3 Å². The summed E-state index contributed by atoms with van der Waals surface area (Å²) < 4.78 is 2.13. The van der Waals surface area contributed by atoms with E-state index in [0.717, 1.165) is 44.8 Å². The zero-order chi connectivity index (χ0) is 31.1. The van der Waals surface area contributed by atoms with Crippen molar-refractivity contribution in [2.24, 2.45) is 5.73 Å². The average Bonchev–Trinajstić information content (AvgIpc) is 3.38. The van der Waals surface area contributed by atoms with Crippen LogP contribution < -0.4 is 16.0 Å². The lowest BCUT2D eigenvalue weighted by molar-refractivity contribution is -0.118. The van der Waals surface area contributed by atoms with Crippen LogP contribution in [0.15, 0.2) is 85.2 Å². The minimum Gasteiger partial charge on any atom is -0.395 e. The predicted octanol–water partition coefficient (Wildman–Crippen LogP) is 4.95. The van der Waals surface area contributed by atoms with Gasteiger partial charge in [0.25, 0.3) is 0 Å². The van der Waals surface area contributed by atoms with Crippen LogP contribution in [0, 0.1) is 0 Å². The monoisotopic (exact) mass is 632 g/mol. The van der Waals surface area contributed by atoms with Gasteiger partial charge in [0.2, 0.25) is 5.91 Å². The van der Waals surface area contributed by atoms with Crippen LogP contribution in [-0.2, 0) is 17.9 Å². The third-order valence-electron chi connectivity index (χ3n) is 7.44. The normalized spacial score (nSPS) is 12.0. The largest absolute Gasteiger partial charge is 0.395 e. The number of rotatable bonds is 14. The van der Waals surface area contributed by atoms with Crippen LogP contribution in [0.3, 0.4) is 0 Å². The van der Waals surface area contributed by atoms with Crippen molar-refractivity contribution < 1.29 is 15.0 Å². The second-order valence-corrected chi connectivity index (χ2v) is 11.3. The summed E-state index contributed by atoms with van der Waals surface area (Å²) in [6, 6.07) is 23.0. The van der Waals surface area contributed by atoms with Gasteiger partial charge in [-0.3, -0.25) is 9.78 Å². The first-order chi connectivity index (χ1) is 21.4. The molecule has 1 amide bonds. The summed E-state index contributed by atoms with van der Waals surface area (Å²) in [7, 11) is 0. The number of carbonyl (C=O) groups is 1. The van der Waals surface area contributed by atoms with E-state index in [1.165, 1.54) is 0 Å². The topological polar surface area (TPSA) is 130 Å². The Morgan fingerprint density at radius 3 is 2.30 bits per heavy atom. The first-order valence-electron chi connectivity index (χ1n) is 14.3. The van der Waals surface area contributed by atoms with Gasteiger partial charge in [0.1, 0.15) is 5.82 Å². The highest BCUT2D eigenvalue weighted by Gasteiger charge is 2.19. The number of imidazole rings is 1. The van der Waals surface area contributed by atoms with Crippen molar-refractivity contribution in [2.75, 3.05) is 31.2 Å². The van der Waals surface area contributed by atoms with Crippen LogP contribution in [0.4, 0.5) is 5.69 Å². The maximum Gasteiger partial charge on any atom is 0.219 e. The summed E-state index contributed by atoms with van der Waals surface area (Å²) in [4.78, 5) is 23.1. The summed E-state index contributed by atoms with van der Waals surface area (Å²) >= 11 is 12.5. The zero-order valence-electron chi connectivity index (χ0n) is 24.0. The summed E-state index contributed by atoms with van der Waals surface area (Å²) in [6.45, 7) is 1.84. The van der Waals surface area contributed by atoms with E-state index in [1.54, 1.807) is 18.5 Å². The van der Waals surface area contributed by atoms with E-state index in [0.29, 0.717) is 36.2 Å². The molecule has 228 valence electrons. The van der Waals surface area contributed by atoms with E-state index in [1.807, 2.05) is 71.6 Å². The molecule has 2 heterocycles. The van der Waals surface area contributed by atoms with E-state index in [-0.39, 0.29) is 25.7 Å². The number of carbonyl (C=O) groups excluding carboxylic acids is 1. The molecule has 0 radical (unpaired) electrons. The van der Waals surface area contributed by atoms with Crippen molar-refractivity contribution in [1.82, 2.24) is 19.9 Å². The highest BCUT2D eigenvalue weighted by atomic mass is 35.5. The van der Waals surface area contributed by atoms with Crippen LogP contribution in [0.2, 0.25) is 10.0 Å². The lowest BCUT2D eigenvalue weighted by Gasteiger charge is -2.23. The Balaban J connectivity index is 1.54. The Bertz CT molecular complexity index is 1710. The highest BCUT2D eigenvalue weighted by molar-refractivity contribution is 6.42. The third kappa shape index (κ3) is 7.56. The molecule has 1 unspecified atom stereocenters. The number of nitrogens with two attached hydrogens (primary N) is 1. The Hall–Kier alpha value is -3.99. The number of aliphatic hydroxyl groups excluding tert-OH is 2. The van der Waals surface area contributed by atoms with Gasteiger partial charge in [-0.25, -0.2) is 4.98 Å². The molecule has 44 heavy (non-hydrogen) atoms. The Morgan fingerprint density at radius 2 is 1.64 bits per heavy atom. The van der Waals surface area contributed by atoms with E-state index in [2.05, 4.69) is 14.9 Å². The molecule has 0 aliphatic carbocycles. The standard InChI is InChI=1S/C33H34Cl2N6O3/c34-27-7-1-23(17-28(27)35)21-41-31-8-4-25(29(19-32(36)44)38-20-22-9-11-37-12-10-22)18-30(31)39-33(41)24-2-5-26(6-3-24)40(13-15-42)14-16-43/h1-12,17-18,29,38,42-43H,13-16,19-21H2,(H2,36,44). The fourth-order valence-corrected chi connectivity index (χ4v) is 5.57. The Labute approximate surface area is 265 Å². The zero-order valence-corrected chi connectivity index (χ0v) is 25.5. The molecular weight excluding hydrogens is 599 g/mol. The molecular formula is C33H34Cl2N6O3. The summed E-state index contributed by atoms with van der Waals surface area (Å²) in [5.74, 6) is 0.349. The molecule has 1 atom stereocenters. The molecule has 9 nitrogen and oxygen atoms in total. The lowest BCUT2D eigenvalue weighted by atomic mass is 10.0. The predicted molar refractivity (Wildman–Crippen MR) is 175 cm³/mol. The number of nitrogens with zero attached hydrogens (tertiary/aromatic N) is 4. The maximum atomic E-state index is 12.0. The minimum absolute atomic E-state index is 0.0162. The number of anilines is 1. The third-order valence-corrected chi connectivity index (χ3v) is 8.18. The molecule has 11 heteroatoms. The molecule has 0 saturated carbocycles. The number of benzene rings is 3. The van der Waals surface area contributed by atoms with Gasteiger partial charge in [-0.05, 0) is 77.4 Å². The summed E-state index contributed by atoms with van der Waals surface area (Å²) in [5, 5.41) is 23.4. The molecule has 5 N–H and O–H groups in total. The quantitative estimate of drug-likeness (QED) is 0.136. The average molecular weight is 634 g/mol. The van der Waals surface area contributed by atoms with Gasteiger partial charge < -0.3 is 30.7 Å². The molecule has 3 aromatic carbocycles. The number of primary amides is 1. The van der Waals surface area contributed by atoms with Gasteiger partial charge in [-0.15, -0.1) is 0 Å². The summed E-state index contributed by atoms with van der Waals surface area (Å²) in [6.07, 6.45) is 3.60. The van der Waals surface area contributed by atoms with E-state index < -0.39 is 5.91 Å². The SMILES string of the molecule is NC(=O)CC(NCc1ccncc1)c1ccc2c(c1)nc(-c1ccc(N(CCO)CCO)cc1)n2Cc1ccc(Cl)c(Cl)c1. The molecule has 0 saturated heterocycles. The van der Waals surface area contributed by atoms with Crippen LogP contribution in [-0.4, -0.2) is 57.0 Å². The molecule has 0 aliphatic heterocycles. The van der Waals surface area contributed by atoms with Gasteiger partial charge in [0.15, 0.2) is 0 Å². The van der Waals surface area contributed by atoms with Crippen molar-refractivity contribution in [3.8, 4) is 11.4 Å². The number of aromatic nitrogens is 3. The van der Waals surface area contributed by atoms with Crippen molar-refractivity contribution in [3.63, 3.8) is 0 Å². The highest BCUT2D eigenvalue weighted by Crippen LogP contribution is 2.31. The van der Waals surface area contributed by atoms with Gasteiger partial charge >= 0.3 is 0 Å². The number of nitrogens with one attached hydrogen (secondary N) is 1. The van der Waals surface area contributed by atoms with Crippen molar-refractivity contribution in [1.29, 1.82) is 0 Å². The molecule has 0 bridgehead atoms. The Kier molecular flexibility index (Phi) is 10.5. The van der Waals surface area contributed by atoms with E-state index in [4.69, 9.17) is 33.9 Å². The number of amides is 1. The van der Waals surface area contributed by atoms with Crippen molar-refractivity contribution >= 4 is 45.8 Å². The van der Waals surface area contributed by atoms with Gasteiger partial charge in [-0.1, -0.05) is 35.3 Å². The molecule has 5 aromatic rings. The van der Waals surface area contributed by atoms with Crippen molar-refractivity contribution in [2.45, 2.75) is 25.6 Å². The lowest BCUT2D eigenvalue weighted by Crippen LogP contribution is -2.29. The number of aliphatic hydroxyl groups is 2.